The van der Waals surface area contributed by atoms with Crippen molar-refractivity contribution in [3.05, 3.63) is 69.4 Å². The van der Waals surface area contributed by atoms with Crippen molar-refractivity contribution in [1.82, 2.24) is 4.57 Å². The van der Waals surface area contributed by atoms with E-state index < -0.39 is 5.82 Å². The molecule has 2 rings (SSSR count). The Labute approximate surface area is 116 Å². The first-order valence-corrected chi connectivity index (χ1v) is 6.15. The van der Waals surface area contributed by atoms with E-state index in [1.54, 1.807) is 29.0 Å². The Morgan fingerprint density at radius 2 is 2.10 bits per heavy atom. The van der Waals surface area contributed by atoms with E-state index >= 15 is 0 Å². The molecule has 0 bridgehead atoms. The monoisotopic (exact) mass is 271 g/mol. The fourth-order valence-corrected chi connectivity index (χ4v) is 1.84. The van der Waals surface area contributed by atoms with Gasteiger partial charge in [0.1, 0.15) is 12.4 Å². The fraction of sp³-hybridized carbons (Fsp3) is 0.188. The van der Waals surface area contributed by atoms with Crippen LogP contribution in [0, 0.1) is 24.6 Å². The number of aryl methyl sites for hydroxylation is 1. The van der Waals surface area contributed by atoms with Gasteiger partial charge in [-0.2, -0.15) is 0 Å². The maximum absolute atomic E-state index is 13.5. The number of rotatable bonds is 2. The lowest BCUT2D eigenvalue weighted by atomic mass is 10.1. The Bertz CT molecular complexity index is 738. The number of pyridine rings is 1. The number of hydrogen-bond donors (Lipinski definition) is 1. The van der Waals surface area contributed by atoms with E-state index in [4.69, 9.17) is 5.11 Å². The van der Waals surface area contributed by atoms with Gasteiger partial charge in [0.25, 0.3) is 5.56 Å². The summed E-state index contributed by atoms with van der Waals surface area (Å²) in [6.45, 7) is 1.89. The molecule has 102 valence electrons. The van der Waals surface area contributed by atoms with Gasteiger partial charge in [-0.05, 0) is 36.2 Å². The topological polar surface area (TPSA) is 42.2 Å². The van der Waals surface area contributed by atoms with Gasteiger partial charge >= 0.3 is 0 Å². The molecule has 0 amide bonds. The quantitative estimate of drug-likeness (QED) is 0.845. The predicted molar refractivity (Wildman–Crippen MR) is 74.9 cm³/mol. The number of benzene rings is 1. The van der Waals surface area contributed by atoms with E-state index in [9.17, 15) is 9.18 Å². The molecule has 2 aromatic rings. The summed E-state index contributed by atoms with van der Waals surface area (Å²) >= 11 is 0. The first-order chi connectivity index (χ1) is 9.60. The second-order valence-corrected chi connectivity index (χ2v) is 4.44. The summed E-state index contributed by atoms with van der Waals surface area (Å²) in [6, 6.07) is 7.92. The van der Waals surface area contributed by atoms with E-state index in [2.05, 4.69) is 11.8 Å². The van der Waals surface area contributed by atoms with Crippen molar-refractivity contribution < 1.29 is 9.50 Å². The van der Waals surface area contributed by atoms with E-state index in [1.807, 2.05) is 13.0 Å². The molecule has 0 radical (unpaired) electrons. The molecule has 0 aliphatic heterocycles. The molecule has 1 N–H and O–H groups in total. The molecule has 3 nitrogen and oxygen atoms in total. The first-order valence-electron chi connectivity index (χ1n) is 6.15. The maximum Gasteiger partial charge on any atom is 0.251 e. The van der Waals surface area contributed by atoms with Crippen LogP contribution in [0.25, 0.3) is 0 Å². The van der Waals surface area contributed by atoms with Gasteiger partial charge in [-0.3, -0.25) is 4.79 Å². The van der Waals surface area contributed by atoms with E-state index in [-0.39, 0.29) is 17.7 Å². The molecule has 0 aliphatic carbocycles. The minimum Gasteiger partial charge on any atom is -0.384 e. The highest BCUT2D eigenvalue weighted by molar-refractivity contribution is 5.38. The number of nitrogens with zero attached hydrogens (tertiary/aromatic N) is 1. The summed E-state index contributed by atoms with van der Waals surface area (Å²) < 4.78 is 15.1. The van der Waals surface area contributed by atoms with Gasteiger partial charge in [-0.25, -0.2) is 4.39 Å². The highest BCUT2D eigenvalue weighted by Crippen LogP contribution is 2.10. The SMILES string of the molecule is Cc1ccn(Cc2ccc(F)c(C#CCO)c2)c(=O)c1. The van der Waals surface area contributed by atoms with Crippen molar-refractivity contribution in [3.8, 4) is 11.8 Å². The van der Waals surface area contributed by atoms with Crippen LogP contribution in [0.4, 0.5) is 4.39 Å². The van der Waals surface area contributed by atoms with Gasteiger partial charge in [0.15, 0.2) is 0 Å². The lowest BCUT2D eigenvalue weighted by Crippen LogP contribution is -2.19. The Hall–Kier alpha value is -2.38. The zero-order valence-corrected chi connectivity index (χ0v) is 11.1. The normalized spacial score (nSPS) is 9.95. The third-order valence-corrected chi connectivity index (χ3v) is 2.84. The standard InChI is InChI=1S/C16H14FNO2/c1-12-6-7-18(16(20)9-12)11-13-4-5-15(17)14(10-13)3-2-8-19/h4-7,9-10,19H,8,11H2,1H3. The highest BCUT2D eigenvalue weighted by atomic mass is 19.1. The molecule has 0 saturated heterocycles. The first kappa shape index (κ1) is 14.0. The zero-order chi connectivity index (χ0) is 14.5. The number of aliphatic hydroxyl groups excluding tert-OH is 1. The summed E-state index contributed by atoms with van der Waals surface area (Å²) in [5, 5.41) is 8.64. The molecular weight excluding hydrogens is 257 g/mol. The van der Waals surface area contributed by atoms with Crippen LogP contribution in [0.15, 0.2) is 41.3 Å². The average Bonchev–Trinajstić information content (AvgIpc) is 2.42. The molecule has 0 unspecified atom stereocenters. The van der Waals surface area contributed by atoms with E-state index in [0.29, 0.717) is 6.54 Å². The van der Waals surface area contributed by atoms with Crippen molar-refractivity contribution in [2.24, 2.45) is 0 Å². The van der Waals surface area contributed by atoms with E-state index in [0.717, 1.165) is 11.1 Å². The van der Waals surface area contributed by atoms with Gasteiger partial charge < -0.3 is 9.67 Å². The summed E-state index contributed by atoms with van der Waals surface area (Å²) in [7, 11) is 0. The third-order valence-electron chi connectivity index (χ3n) is 2.84. The van der Waals surface area contributed by atoms with Crippen LogP contribution in [0.1, 0.15) is 16.7 Å². The summed E-state index contributed by atoms with van der Waals surface area (Å²) in [5.74, 6) is 4.52. The molecule has 0 aliphatic rings. The molecule has 0 fully saturated rings. The number of aromatic nitrogens is 1. The average molecular weight is 271 g/mol. The van der Waals surface area contributed by atoms with Gasteiger partial charge in [-0.15, -0.1) is 0 Å². The zero-order valence-electron chi connectivity index (χ0n) is 11.1. The highest BCUT2D eigenvalue weighted by Gasteiger charge is 2.03. The van der Waals surface area contributed by atoms with Crippen molar-refractivity contribution in [2.75, 3.05) is 6.61 Å². The van der Waals surface area contributed by atoms with E-state index in [1.165, 1.54) is 6.07 Å². The molecule has 0 saturated carbocycles. The Kier molecular flexibility index (Phi) is 4.34. The maximum atomic E-state index is 13.5. The smallest absolute Gasteiger partial charge is 0.251 e. The van der Waals surface area contributed by atoms with Crippen molar-refractivity contribution in [1.29, 1.82) is 0 Å². The van der Waals surface area contributed by atoms with Crippen LogP contribution in [0.5, 0.6) is 0 Å². The van der Waals surface area contributed by atoms with Crippen LogP contribution in [0.2, 0.25) is 0 Å². The summed E-state index contributed by atoms with van der Waals surface area (Å²) in [5.41, 5.74) is 1.80. The Morgan fingerprint density at radius 1 is 1.30 bits per heavy atom. The van der Waals surface area contributed by atoms with Crippen molar-refractivity contribution in [2.45, 2.75) is 13.5 Å². The Balaban J connectivity index is 2.32. The van der Waals surface area contributed by atoms with Crippen LogP contribution < -0.4 is 5.56 Å². The predicted octanol–water partition coefficient (Wildman–Crippen LogP) is 1.69. The second kappa shape index (κ2) is 6.18. The molecular formula is C16H14FNO2. The molecule has 20 heavy (non-hydrogen) atoms. The lowest BCUT2D eigenvalue weighted by Gasteiger charge is -2.07. The minimum absolute atomic E-state index is 0.0997. The summed E-state index contributed by atoms with van der Waals surface area (Å²) in [4.78, 5) is 11.8. The largest absolute Gasteiger partial charge is 0.384 e. The second-order valence-electron chi connectivity index (χ2n) is 4.44. The third kappa shape index (κ3) is 3.34. The summed E-state index contributed by atoms with van der Waals surface area (Å²) in [6.07, 6.45) is 1.71. The molecule has 1 aromatic heterocycles. The van der Waals surface area contributed by atoms with Crippen molar-refractivity contribution >= 4 is 0 Å². The van der Waals surface area contributed by atoms with Crippen LogP contribution >= 0.6 is 0 Å². The molecule has 1 aromatic carbocycles. The van der Waals surface area contributed by atoms with Gasteiger partial charge in [0.2, 0.25) is 0 Å². The van der Waals surface area contributed by atoms with Gasteiger partial charge in [0, 0.05) is 12.3 Å². The number of aliphatic hydroxyl groups is 1. The molecule has 1 heterocycles. The van der Waals surface area contributed by atoms with Gasteiger partial charge in [-0.1, -0.05) is 17.9 Å². The van der Waals surface area contributed by atoms with Gasteiger partial charge in [0.05, 0.1) is 12.1 Å². The Morgan fingerprint density at radius 3 is 2.80 bits per heavy atom. The number of halogens is 1. The molecule has 0 atom stereocenters. The van der Waals surface area contributed by atoms with Crippen LogP contribution in [-0.4, -0.2) is 16.3 Å². The van der Waals surface area contributed by atoms with Crippen LogP contribution in [0.3, 0.4) is 0 Å². The minimum atomic E-state index is -0.439. The fourth-order valence-electron chi connectivity index (χ4n) is 1.84. The number of hydrogen-bond acceptors (Lipinski definition) is 2. The lowest BCUT2D eigenvalue weighted by molar-refractivity contribution is 0.350. The molecule has 4 heteroatoms. The van der Waals surface area contributed by atoms with Crippen LogP contribution in [-0.2, 0) is 6.54 Å². The van der Waals surface area contributed by atoms with Crippen molar-refractivity contribution in [3.63, 3.8) is 0 Å². The molecule has 0 spiro atoms.